The van der Waals surface area contributed by atoms with Gasteiger partial charge in [0, 0.05) is 12.6 Å². The third kappa shape index (κ3) is 4.19. The number of methoxy groups -OCH3 is 1. The van der Waals surface area contributed by atoms with Crippen LogP contribution in [-0.4, -0.2) is 38.4 Å². The van der Waals surface area contributed by atoms with Crippen molar-refractivity contribution in [3.8, 4) is 11.5 Å². The summed E-state index contributed by atoms with van der Waals surface area (Å²) in [4.78, 5) is 10.1. The average molecular weight is 256 g/mol. The van der Waals surface area contributed by atoms with Crippen LogP contribution >= 0.6 is 0 Å². The largest absolute Gasteiger partial charge is 0.493 e. The first-order valence-electron chi connectivity index (χ1n) is 5.42. The zero-order valence-corrected chi connectivity index (χ0v) is 10.1. The lowest BCUT2D eigenvalue weighted by Gasteiger charge is -2.10. The normalized spacial score (nSPS) is 10.1. The standard InChI is InChI=1S/C11H16N2O5/c1-16-11-8-9(13(14)15)2-3-10(11)18-7-6-17-5-4-12/h2-3,8H,4-7,12H2,1H3. The topological polar surface area (TPSA) is 96.9 Å². The molecule has 1 rings (SSSR count). The van der Waals surface area contributed by atoms with Crippen molar-refractivity contribution in [2.75, 3.05) is 33.5 Å². The molecule has 0 unspecified atom stereocenters. The minimum atomic E-state index is -0.489. The van der Waals surface area contributed by atoms with Gasteiger partial charge in [-0.15, -0.1) is 0 Å². The number of nitro groups is 1. The van der Waals surface area contributed by atoms with Crippen molar-refractivity contribution in [2.24, 2.45) is 5.73 Å². The summed E-state index contributed by atoms with van der Waals surface area (Å²) in [5.74, 6) is 0.766. The summed E-state index contributed by atoms with van der Waals surface area (Å²) >= 11 is 0. The summed E-state index contributed by atoms with van der Waals surface area (Å²) in [6.07, 6.45) is 0. The molecule has 100 valence electrons. The number of benzene rings is 1. The maximum atomic E-state index is 10.6. The van der Waals surface area contributed by atoms with Crippen LogP contribution in [0.5, 0.6) is 11.5 Å². The second-order valence-electron chi connectivity index (χ2n) is 3.34. The Bertz CT molecular complexity index is 397. The first-order valence-corrected chi connectivity index (χ1v) is 5.42. The number of non-ortho nitro benzene ring substituents is 1. The lowest BCUT2D eigenvalue weighted by molar-refractivity contribution is -0.384. The van der Waals surface area contributed by atoms with Gasteiger partial charge in [0.05, 0.1) is 31.3 Å². The highest BCUT2D eigenvalue weighted by Gasteiger charge is 2.11. The molecule has 0 heterocycles. The van der Waals surface area contributed by atoms with Crippen molar-refractivity contribution in [1.82, 2.24) is 0 Å². The molecule has 0 amide bonds. The van der Waals surface area contributed by atoms with Gasteiger partial charge >= 0.3 is 0 Å². The van der Waals surface area contributed by atoms with Gasteiger partial charge in [0.15, 0.2) is 11.5 Å². The van der Waals surface area contributed by atoms with Gasteiger partial charge in [-0.3, -0.25) is 10.1 Å². The van der Waals surface area contributed by atoms with Crippen molar-refractivity contribution in [3.63, 3.8) is 0 Å². The summed E-state index contributed by atoms with van der Waals surface area (Å²) in [5.41, 5.74) is 5.22. The summed E-state index contributed by atoms with van der Waals surface area (Å²) in [6, 6.07) is 4.18. The second-order valence-corrected chi connectivity index (χ2v) is 3.34. The zero-order valence-electron chi connectivity index (χ0n) is 10.1. The van der Waals surface area contributed by atoms with Crippen molar-refractivity contribution < 1.29 is 19.1 Å². The van der Waals surface area contributed by atoms with Gasteiger partial charge in [0.25, 0.3) is 5.69 Å². The first kappa shape index (κ1) is 14.2. The molecule has 7 nitrogen and oxygen atoms in total. The number of nitro benzene ring substituents is 1. The Kier molecular flexibility index (Phi) is 5.89. The Morgan fingerprint density at radius 3 is 2.67 bits per heavy atom. The fraction of sp³-hybridized carbons (Fsp3) is 0.455. The van der Waals surface area contributed by atoms with Crippen LogP contribution in [0.15, 0.2) is 18.2 Å². The van der Waals surface area contributed by atoms with Gasteiger partial charge in [0.2, 0.25) is 0 Å². The van der Waals surface area contributed by atoms with E-state index >= 15 is 0 Å². The number of ether oxygens (including phenoxy) is 3. The maximum absolute atomic E-state index is 10.6. The number of hydrogen-bond acceptors (Lipinski definition) is 6. The van der Waals surface area contributed by atoms with E-state index in [1.807, 2.05) is 0 Å². The van der Waals surface area contributed by atoms with Crippen LogP contribution in [0.4, 0.5) is 5.69 Å². The molecule has 0 atom stereocenters. The van der Waals surface area contributed by atoms with Crippen molar-refractivity contribution in [2.45, 2.75) is 0 Å². The Morgan fingerprint density at radius 1 is 1.28 bits per heavy atom. The van der Waals surface area contributed by atoms with Crippen LogP contribution in [-0.2, 0) is 4.74 Å². The maximum Gasteiger partial charge on any atom is 0.273 e. The molecule has 0 aliphatic heterocycles. The molecule has 0 aliphatic carbocycles. The third-order valence-corrected chi connectivity index (χ3v) is 2.11. The molecule has 18 heavy (non-hydrogen) atoms. The molecule has 0 aromatic heterocycles. The molecule has 1 aromatic rings. The predicted molar refractivity (Wildman–Crippen MR) is 65.0 cm³/mol. The van der Waals surface area contributed by atoms with E-state index in [0.717, 1.165) is 0 Å². The monoisotopic (exact) mass is 256 g/mol. The predicted octanol–water partition coefficient (Wildman–Crippen LogP) is 0.957. The fourth-order valence-corrected chi connectivity index (χ4v) is 1.29. The van der Waals surface area contributed by atoms with E-state index in [-0.39, 0.29) is 5.69 Å². The molecule has 0 aliphatic rings. The van der Waals surface area contributed by atoms with E-state index in [9.17, 15) is 10.1 Å². The van der Waals surface area contributed by atoms with Gasteiger partial charge in [0.1, 0.15) is 6.61 Å². The molecule has 7 heteroatoms. The average Bonchev–Trinajstić information content (AvgIpc) is 2.38. The number of nitrogens with zero attached hydrogens (tertiary/aromatic N) is 1. The van der Waals surface area contributed by atoms with Gasteiger partial charge in [-0.25, -0.2) is 0 Å². The van der Waals surface area contributed by atoms with Crippen molar-refractivity contribution in [3.05, 3.63) is 28.3 Å². The number of nitrogens with two attached hydrogens (primary N) is 1. The second kappa shape index (κ2) is 7.46. The van der Waals surface area contributed by atoms with Crippen LogP contribution in [0.3, 0.4) is 0 Å². The lowest BCUT2D eigenvalue weighted by atomic mass is 10.3. The summed E-state index contributed by atoms with van der Waals surface area (Å²) in [6.45, 7) is 1.66. The highest BCUT2D eigenvalue weighted by atomic mass is 16.6. The van der Waals surface area contributed by atoms with E-state index in [2.05, 4.69) is 0 Å². The molecule has 0 fully saturated rings. The number of hydrogen-bond donors (Lipinski definition) is 1. The van der Waals surface area contributed by atoms with Crippen molar-refractivity contribution >= 4 is 5.69 Å². The molecule has 0 spiro atoms. The summed E-state index contributed by atoms with van der Waals surface area (Å²) in [5, 5.41) is 10.6. The fourth-order valence-electron chi connectivity index (χ4n) is 1.29. The van der Waals surface area contributed by atoms with Crippen LogP contribution in [0.25, 0.3) is 0 Å². The number of rotatable bonds is 8. The van der Waals surface area contributed by atoms with Gasteiger partial charge in [-0.2, -0.15) is 0 Å². The zero-order chi connectivity index (χ0) is 13.4. The molecular formula is C11H16N2O5. The Morgan fingerprint density at radius 2 is 2.06 bits per heavy atom. The van der Waals surface area contributed by atoms with Gasteiger partial charge in [-0.1, -0.05) is 0 Å². The third-order valence-electron chi connectivity index (χ3n) is 2.11. The molecule has 1 aromatic carbocycles. The molecule has 2 N–H and O–H groups in total. The minimum absolute atomic E-state index is 0.0430. The Balaban J connectivity index is 2.57. The highest BCUT2D eigenvalue weighted by molar-refractivity contribution is 5.48. The minimum Gasteiger partial charge on any atom is -0.493 e. The molecule has 0 saturated carbocycles. The Hall–Kier alpha value is -1.86. The van der Waals surface area contributed by atoms with Crippen LogP contribution in [0.2, 0.25) is 0 Å². The van der Waals surface area contributed by atoms with Gasteiger partial charge < -0.3 is 19.9 Å². The summed E-state index contributed by atoms with van der Waals surface area (Å²) in [7, 11) is 1.43. The van der Waals surface area contributed by atoms with E-state index in [1.165, 1.54) is 25.3 Å². The highest BCUT2D eigenvalue weighted by Crippen LogP contribution is 2.30. The molecule has 0 bridgehead atoms. The molecule has 0 saturated heterocycles. The molecule has 0 radical (unpaired) electrons. The van der Waals surface area contributed by atoms with Crippen LogP contribution in [0.1, 0.15) is 0 Å². The summed E-state index contributed by atoms with van der Waals surface area (Å²) < 4.78 is 15.6. The lowest BCUT2D eigenvalue weighted by Crippen LogP contribution is -2.13. The van der Waals surface area contributed by atoms with Crippen molar-refractivity contribution in [1.29, 1.82) is 0 Å². The smallest absolute Gasteiger partial charge is 0.273 e. The first-order chi connectivity index (χ1) is 8.69. The van der Waals surface area contributed by atoms with E-state index in [0.29, 0.717) is 37.9 Å². The molecular weight excluding hydrogens is 240 g/mol. The SMILES string of the molecule is COc1cc([N+](=O)[O-])ccc1OCCOCCN. The van der Waals surface area contributed by atoms with Crippen LogP contribution < -0.4 is 15.2 Å². The van der Waals surface area contributed by atoms with E-state index in [1.54, 1.807) is 0 Å². The van der Waals surface area contributed by atoms with E-state index < -0.39 is 4.92 Å². The van der Waals surface area contributed by atoms with Gasteiger partial charge in [-0.05, 0) is 6.07 Å². The Labute approximate surface area is 105 Å². The quantitative estimate of drug-likeness (QED) is 0.422. The van der Waals surface area contributed by atoms with Crippen LogP contribution in [0, 0.1) is 10.1 Å². The van der Waals surface area contributed by atoms with E-state index in [4.69, 9.17) is 19.9 Å².